The summed E-state index contributed by atoms with van der Waals surface area (Å²) in [5, 5.41) is 9.32. The van der Waals surface area contributed by atoms with E-state index in [0.29, 0.717) is 6.61 Å². The third kappa shape index (κ3) is 4.46. The first-order chi connectivity index (χ1) is 11.7. The zero-order valence-corrected chi connectivity index (χ0v) is 14.5. The molecule has 0 spiro atoms. The molecule has 0 bridgehead atoms. The third-order valence-electron chi connectivity index (χ3n) is 3.42. The van der Waals surface area contributed by atoms with E-state index < -0.39 is 0 Å². The van der Waals surface area contributed by atoms with Crippen LogP contribution in [-0.2, 0) is 6.61 Å². The molecule has 0 unspecified atom stereocenters. The molecular weight excluding hydrogens is 366 g/mol. The van der Waals surface area contributed by atoms with E-state index in [1.807, 2.05) is 48.5 Å². The number of rotatable bonds is 5. The lowest BCUT2D eigenvalue weighted by Crippen LogP contribution is -1.98. The summed E-state index contributed by atoms with van der Waals surface area (Å²) in [4.78, 5) is 4.43. The van der Waals surface area contributed by atoms with Gasteiger partial charge in [0.25, 0.3) is 0 Å². The lowest BCUT2D eigenvalue weighted by molar-refractivity contribution is 0.305. The molecule has 0 atom stereocenters. The lowest BCUT2D eigenvalue weighted by atomic mass is 10.2. The van der Waals surface area contributed by atoms with Gasteiger partial charge in [-0.3, -0.25) is 4.99 Å². The molecule has 24 heavy (non-hydrogen) atoms. The molecule has 4 heteroatoms. The normalized spacial score (nSPS) is 10.9. The first-order valence-electron chi connectivity index (χ1n) is 7.50. The zero-order chi connectivity index (χ0) is 16.8. The van der Waals surface area contributed by atoms with Crippen molar-refractivity contribution in [1.82, 2.24) is 0 Å². The van der Waals surface area contributed by atoms with E-state index in [1.54, 1.807) is 30.5 Å². The summed E-state index contributed by atoms with van der Waals surface area (Å²) < 4.78 is 6.90. The van der Waals surface area contributed by atoms with Crippen LogP contribution in [-0.4, -0.2) is 11.3 Å². The highest BCUT2D eigenvalue weighted by molar-refractivity contribution is 9.10. The number of hydrogen-bond acceptors (Lipinski definition) is 3. The molecule has 0 aromatic heterocycles. The van der Waals surface area contributed by atoms with Crippen LogP contribution in [0.3, 0.4) is 0 Å². The summed E-state index contributed by atoms with van der Waals surface area (Å²) in [6.45, 7) is 0.497. The molecule has 0 saturated heterocycles. The predicted octanol–water partition coefficient (Wildman–Crippen LogP) is 5.48. The van der Waals surface area contributed by atoms with Crippen molar-refractivity contribution in [3.63, 3.8) is 0 Å². The fraction of sp³-hybridized carbons (Fsp3) is 0.0500. The van der Waals surface area contributed by atoms with E-state index in [2.05, 4.69) is 20.9 Å². The number of phenolic OH excluding ortho intramolecular Hbond substituents is 1. The van der Waals surface area contributed by atoms with Gasteiger partial charge in [0, 0.05) is 16.3 Å². The summed E-state index contributed by atoms with van der Waals surface area (Å²) in [6.07, 6.45) is 1.76. The second-order valence-corrected chi connectivity index (χ2v) is 6.15. The number of aliphatic imine (C=N–C) groups is 1. The number of nitrogens with zero attached hydrogens (tertiary/aromatic N) is 1. The third-order valence-corrected chi connectivity index (χ3v) is 3.91. The Bertz CT molecular complexity index is 830. The standard InChI is InChI=1S/C20H16BrNO2/c21-17-7-6-16(13-22-18-8-10-19(23)11-9-18)20(12-17)24-14-15-4-2-1-3-5-15/h1-13,23H,14H2. The average molecular weight is 382 g/mol. The van der Waals surface area contributed by atoms with Crippen molar-refractivity contribution in [2.45, 2.75) is 6.61 Å². The molecule has 0 aliphatic carbocycles. The maximum atomic E-state index is 9.32. The van der Waals surface area contributed by atoms with Crippen LogP contribution in [0.4, 0.5) is 5.69 Å². The fourth-order valence-corrected chi connectivity index (χ4v) is 2.50. The van der Waals surface area contributed by atoms with Crippen molar-refractivity contribution in [3.8, 4) is 11.5 Å². The van der Waals surface area contributed by atoms with Gasteiger partial charge in [-0.05, 0) is 48.0 Å². The number of hydrogen-bond donors (Lipinski definition) is 1. The van der Waals surface area contributed by atoms with Gasteiger partial charge in [0.1, 0.15) is 18.1 Å². The molecule has 3 nitrogen and oxygen atoms in total. The van der Waals surface area contributed by atoms with Crippen LogP contribution < -0.4 is 4.74 Å². The van der Waals surface area contributed by atoms with Crippen molar-refractivity contribution >= 4 is 27.8 Å². The van der Waals surface area contributed by atoms with Crippen LogP contribution in [0.15, 0.2) is 82.3 Å². The molecule has 0 radical (unpaired) electrons. The summed E-state index contributed by atoms with van der Waals surface area (Å²) in [6, 6.07) is 22.6. The minimum Gasteiger partial charge on any atom is -0.508 e. The summed E-state index contributed by atoms with van der Waals surface area (Å²) >= 11 is 3.47. The Morgan fingerprint density at radius 3 is 2.46 bits per heavy atom. The van der Waals surface area contributed by atoms with Crippen molar-refractivity contribution in [2.24, 2.45) is 4.99 Å². The minimum atomic E-state index is 0.226. The van der Waals surface area contributed by atoms with E-state index in [1.165, 1.54) is 0 Å². The molecular formula is C20H16BrNO2. The van der Waals surface area contributed by atoms with E-state index >= 15 is 0 Å². The Morgan fingerprint density at radius 1 is 0.958 bits per heavy atom. The van der Waals surface area contributed by atoms with Crippen LogP contribution in [0.2, 0.25) is 0 Å². The van der Waals surface area contributed by atoms with E-state index in [4.69, 9.17) is 4.74 Å². The minimum absolute atomic E-state index is 0.226. The maximum Gasteiger partial charge on any atom is 0.129 e. The van der Waals surface area contributed by atoms with Gasteiger partial charge in [-0.15, -0.1) is 0 Å². The predicted molar refractivity (Wildman–Crippen MR) is 100 cm³/mol. The van der Waals surface area contributed by atoms with Crippen molar-refractivity contribution < 1.29 is 9.84 Å². The Hall–Kier alpha value is -2.59. The molecule has 0 heterocycles. The van der Waals surface area contributed by atoms with Gasteiger partial charge in [-0.2, -0.15) is 0 Å². The first kappa shape index (κ1) is 16.3. The lowest BCUT2D eigenvalue weighted by Gasteiger charge is -2.10. The van der Waals surface area contributed by atoms with E-state index in [0.717, 1.165) is 27.0 Å². The topological polar surface area (TPSA) is 41.8 Å². The second-order valence-electron chi connectivity index (χ2n) is 5.23. The highest BCUT2D eigenvalue weighted by Crippen LogP contribution is 2.24. The van der Waals surface area contributed by atoms with Gasteiger partial charge >= 0.3 is 0 Å². The van der Waals surface area contributed by atoms with Gasteiger partial charge in [-0.25, -0.2) is 0 Å². The van der Waals surface area contributed by atoms with E-state index in [-0.39, 0.29) is 5.75 Å². The molecule has 0 saturated carbocycles. The number of benzene rings is 3. The molecule has 120 valence electrons. The molecule has 3 aromatic rings. The first-order valence-corrected chi connectivity index (χ1v) is 8.29. The quantitative estimate of drug-likeness (QED) is 0.594. The Kier molecular flexibility index (Phi) is 5.29. The highest BCUT2D eigenvalue weighted by atomic mass is 79.9. The summed E-state index contributed by atoms with van der Waals surface area (Å²) in [5.74, 6) is 0.986. The SMILES string of the molecule is Oc1ccc(N=Cc2ccc(Br)cc2OCc2ccccc2)cc1. The van der Waals surface area contributed by atoms with Gasteiger partial charge < -0.3 is 9.84 Å². The van der Waals surface area contributed by atoms with Crippen molar-refractivity contribution in [3.05, 3.63) is 88.4 Å². The van der Waals surface area contributed by atoms with Gasteiger partial charge in [-0.1, -0.05) is 46.3 Å². The molecule has 1 N–H and O–H groups in total. The number of aromatic hydroxyl groups is 1. The van der Waals surface area contributed by atoms with Crippen LogP contribution >= 0.6 is 15.9 Å². The van der Waals surface area contributed by atoms with Gasteiger partial charge in [0.15, 0.2) is 0 Å². The van der Waals surface area contributed by atoms with Gasteiger partial charge in [0.05, 0.1) is 5.69 Å². The molecule has 0 aliphatic heterocycles. The smallest absolute Gasteiger partial charge is 0.129 e. The average Bonchev–Trinajstić information content (AvgIpc) is 2.61. The molecule has 0 aliphatic rings. The maximum absolute atomic E-state index is 9.32. The Labute approximate surface area is 149 Å². The van der Waals surface area contributed by atoms with Gasteiger partial charge in [0.2, 0.25) is 0 Å². The van der Waals surface area contributed by atoms with Crippen molar-refractivity contribution in [1.29, 1.82) is 0 Å². The Balaban J connectivity index is 1.78. The molecule has 0 fully saturated rings. The van der Waals surface area contributed by atoms with Crippen LogP contribution in [0.1, 0.15) is 11.1 Å². The van der Waals surface area contributed by atoms with Crippen LogP contribution in [0.5, 0.6) is 11.5 Å². The largest absolute Gasteiger partial charge is 0.508 e. The second kappa shape index (κ2) is 7.79. The van der Waals surface area contributed by atoms with E-state index in [9.17, 15) is 5.11 Å². The Morgan fingerprint density at radius 2 is 1.71 bits per heavy atom. The monoisotopic (exact) mass is 381 g/mol. The summed E-state index contributed by atoms with van der Waals surface area (Å²) in [7, 11) is 0. The van der Waals surface area contributed by atoms with Crippen molar-refractivity contribution in [2.75, 3.05) is 0 Å². The number of phenols is 1. The number of halogens is 1. The molecule has 3 aromatic carbocycles. The summed E-state index contributed by atoms with van der Waals surface area (Å²) in [5.41, 5.74) is 2.77. The van der Waals surface area contributed by atoms with Crippen LogP contribution in [0.25, 0.3) is 0 Å². The fourth-order valence-electron chi connectivity index (χ4n) is 2.16. The zero-order valence-electron chi connectivity index (χ0n) is 12.9. The number of ether oxygens (including phenoxy) is 1. The molecule has 3 rings (SSSR count). The molecule has 0 amide bonds. The van der Waals surface area contributed by atoms with Crippen LogP contribution in [0, 0.1) is 0 Å². The highest BCUT2D eigenvalue weighted by Gasteiger charge is 2.04.